The van der Waals surface area contributed by atoms with Crippen molar-refractivity contribution in [3.8, 4) is 0 Å². The van der Waals surface area contributed by atoms with Crippen molar-refractivity contribution in [3.63, 3.8) is 0 Å². The molecular formula is C25H23NO2S3. The Hall–Kier alpha value is -2.02. The van der Waals surface area contributed by atoms with E-state index in [-0.39, 0.29) is 16.8 Å². The summed E-state index contributed by atoms with van der Waals surface area (Å²) in [7, 11) is 0. The second kappa shape index (κ2) is 7.54. The van der Waals surface area contributed by atoms with E-state index < -0.39 is 0 Å². The fraction of sp³-hybridized carbons (Fsp3) is 0.280. The maximum absolute atomic E-state index is 13.3. The van der Waals surface area contributed by atoms with Gasteiger partial charge in [-0.05, 0) is 35.6 Å². The molecule has 0 atom stereocenters. The van der Waals surface area contributed by atoms with Crippen LogP contribution in [0.4, 0.5) is 0 Å². The number of fused-ring (bicyclic) bond motifs is 2. The van der Waals surface area contributed by atoms with Gasteiger partial charge in [0, 0.05) is 33.9 Å². The average molecular weight is 466 g/mol. The number of carbonyl (C=O) groups excluding carboxylic acids is 1. The highest BCUT2D eigenvalue weighted by Gasteiger charge is 2.28. The number of aromatic nitrogens is 1. The van der Waals surface area contributed by atoms with Crippen LogP contribution in [-0.4, -0.2) is 10.4 Å². The number of Topliss-reactive ketones (excluding diaryl/α,β-unsaturated/α-hetero) is 1. The SMILES string of the molecule is CCn1c(=O)/c(=C2\Sc3ccc(C(C)(C)C)cc3S2)s/c1=C1\Cc2ccccc2C1=O. The molecule has 1 aliphatic heterocycles. The highest BCUT2D eigenvalue weighted by atomic mass is 32.2. The quantitative estimate of drug-likeness (QED) is 0.518. The molecule has 0 fully saturated rings. The van der Waals surface area contributed by atoms with Crippen molar-refractivity contribution >= 4 is 50.5 Å². The third kappa shape index (κ3) is 3.45. The lowest BCUT2D eigenvalue weighted by Crippen LogP contribution is -2.32. The molecule has 0 unspecified atom stereocenters. The highest BCUT2D eigenvalue weighted by molar-refractivity contribution is 8.32. The van der Waals surface area contributed by atoms with Crippen LogP contribution in [0.2, 0.25) is 0 Å². The number of nitrogens with zero attached hydrogens (tertiary/aromatic N) is 1. The predicted molar refractivity (Wildman–Crippen MR) is 132 cm³/mol. The first-order chi connectivity index (χ1) is 14.8. The second-order valence-corrected chi connectivity index (χ2v) is 12.2. The maximum atomic E-state index is 13.3. The summed E-state index contributed by atoms with van der Waals surface area (Å²) in [6, 6.07) is 14.4. The molecule has 158 valence electrons. The van der Waals surface area contributed by atoms with Gasteiger partial charge in [0.2, 0.25) is 0 Å². The molecule has 2 aromatic carbocycles. The lowest BCUT2D eigenvalue weighted by Gasteiger charge is -2.19. The van der Waals surface area contributed by atoms with Crippen LogP contribution in [0.25, 0.3) is 9.81 Å². The molecule has 3 nitrogen and oxygen atoms in total. The third-order valence-electron chi connectivity index (χ3n) is 5.76. The number of carbonyl (C=O) groups is 1. The molecule has 2 heterocycles. The molecule has 0 saturated carbocycles. The summed E-state index contributed by atoms with van der Waals surface area (Å²) in [6.45, 7) is 9.17. The van der Waals surface area contributed by atoms with E-state index in [9.17, 15) is 9.59 Å². The molecule has 3 aromatic rings. The summed E-state index contributed by atoms with van der Waals surface area (Å²) in [6.07, 6.45) is 0.596. The molecule has 31 heavy (non-hydrogen) atoms. The molecule has 2 aliphatic rings. The van der Waals surface area contributed by atoms with Gasteiger partial charge in [0.25, 0.3) is 5.56 Å². The van der Waals surface area contributed by atoms with Crippen molar-refractivity contribution < 1.29 is 4.79 Å². The average Bonchev–Trinajstić information content (AvgIpc) is 3.40. The van der Waals surface area contributed by atoms with Crippen LogP contribution in [-0.2, 0) is 18.4 Å². The van der Waals surface area contributed by atoms with Gasteiger partial charge < -0.3 is 0 Å². The van der Waals surface area contributed by atoms with Crippen LogP contribution in [0.3, 0.4) is 0 Å². The Labute approximate surface area is 193 Å². The Morgan fingerprint density at radius 2 is 1.74 bits per heavy atom. The molecule has 1 aromatic heterocycles. The Kier molecular flexibility index (Phi) is 5.07. The van der Waals surface area contributed by atoms with Crippen LogP contribution in [0.15, 0.2) is 57.1 Å². The van der Waals surface area contributed by atoms with E-state index in [1.807, 2.05) is 31.2 Å². The van der Waals surface area contributed by atoms with Gasteiger partial charge >= 0.3 is 0 Å². The van der Waals surface area contributed by atoms with Gasteiger partial charge in [0.1, 0.15) is 9.20 Å². The molecule has 1 aliphatic carbocycles. The number of rotatable bonds is 1. The van der Waals surface area contributed by atoms with E-state index in [1.165, 1.54) is 26.7 Å². The topological polar surface area (TPSA) is 39.1 Å². The summed E-state index contributed by atoms with van der Waals surface area (Å²) in [5.74, 6) is 0.0560. The molecule has 0 amide bonds. The lowest BCUT2D eigenvalue weighted by atomic mass is 9.87. The first-order valence-electron chi connectivity index (χ1n) is 10.4. The van der Waals surface area contributed by atoms with Crippen molar-refractivity contribution in [1.82, 2.24) is 4.57 Å². The first kappa shape index (κ1) is 20.9. The zero-order valence-corrected chi connectivity index (χ0v) is 20.4. The van der Waals surface area contributed by atoms with Gasteiger partial charge in [-0.1, -0.05) is 74.6 Å². The molecule has 0 bridgehead atoms. The number of thiazole rings is 1. The molecule has 0 spiro atoms. The van der Waals surface area contributed by atoms with Crippen molar-refractivity contribution in [2.24, 2.45) is 0 Å². The fourth-order valence-electron chi connectivity index (χ4n) is 4.00. The van der Waals surface area contributed by atoms with Crippen LogP contribution >= 0.6 is 34.9 Å². The number of hydrogen-bond donors (Lipinski definition) is 0. The van der Waals surface area contributed by atoms with Crippen LogP contribution in [0.1, 0.15) is 49.2 Å². The molecule has 6 heteroatoms. The summed E-state index contributed by atoms with van der Waals surface area (Å²) >= 11 is 4.82. The van der Waals surface area contributed by atoms with E-state index in [0.29, 0.717) is 13.0 Å². The molecule has 0 saturated heterocycles. The van der Waals surface area contributed by atoms with Gasteiger partial charge in [-0.3, -0.25) is 14.2 Å². The van der Waals surface area contributed by atoms with Crippen LogP contribution < -0.4 is 14.8 Å². The van der Waals surface area contributed by atoms with Crippen LogP contribution in [0, 0.1) is 0 Å². The maximum Gasteiger partial charge on any atom is 0.270 e. The number of hydrogen-bond acceptors (Lipinski definition) is 5. The highest BCUT2D eigenvalue weighted by Crippen LogP contribution is 2.52. The van der Waals surface area contributed by atoms with Crippen molar-refractivity contribution in [3.05, 3.63) is 78.7 Å². The minimum absolute atomic E-state index is 0.0117. The van der Waals surface area contributed by atoms with Gasteiger partial charge in [0.15, 0.2) is 5.78 Å². The Bertz CT molecular complexity index is 1420. The van der Waals surface area contributed by atoms with E-state index in [0.717, 1.165) is 30.1 Å². The van der Waals surface area contributed by atoms with Crippen molar-refractivity contribution in [1.29, 1.82) is 0 Å². The van der Waals surface area contributed by atoms with E-state index in [2.05, 4.69) is 39.0 Å². The number of ketones is 1. The minimum Gasteiger partial charge on any atom is -0.299 e. The smallest absolute Gasteiger partial charge is 0.270 e. The van der Waals surface area contributed by atoms with Crippen LogP contribution in [0.5, 0.6) is 0 Å². The fourth-order valence-corrected chi connectivity index (χ4v) is 7.95. The van der Waals surface area contributed by atoms with Crippen molar-refractivity contribution in [2.75, 3.05) is 0 Å². The lowest BCUT2D eigenvalue weighted by molar-refractivity contribution is 0.105. The standard InChI is InChI=1S/C25H23NO2S3/c1-5-26-22(28)21(24-29-18-11-10-15(25(2,3)4)13-19(18)30-24)31-23(26)17-12-14-8-6-7-9-16(14)20(17)27/h6-11,13H,5,12H2,1-4H3/b23-17+,24-21-. The largest absolute Gasteiger partial charge is 0.299 e. The minimum atomic E-state index is 0.0117. The number of thioether (sulfide) groups is 2. The molecular weight excluding hydrogens is 442 g/mol. The zero-order valence-electron chi connectivity index (χ0n) is 17.9. The predicted octanol–water partition coefficient (Wildman–Crippen LogP) is 4.78. The Balaban J connectivity index is 1.66. The molecule has 0 radical (unpaired) electrons. The van der Waals surface area contributed by atoms with Gasteiger partial charge in [0.05, 0.1) is 4.24 Å². The van der Waals surface area contributed by atoms with Gasteiger partial charge in [-0.25, -0.2) is 0 Å². The van der Waals surface area contributed by atoms with E-state index in [4.69, 9.17) is 0 Å². The zero-order chi connectivity index (χ0) is 21.9. The van der Waals surface area contributed by atoms with Crippen molar-refractivity contribution in [2.45, 2.75) is 55.9 Å². The van der Waals surface area contributed by atoms with E-state index >= 15 is 0 Å². The monoisotopic (exact) mass is 465 g/mol. The summed E-state index contributed by atoms with van der Waals surface area (Å²) in [5, 5.41) is 0. The summed E-state index contributed by atoms with van der Waals surface area (Å²) < 4.78 is 4.35. The number of benzene rings is 2. The second-order valence-electron chi connectivity index (χ2n) is 8.83. The first-order valence-corrected chi connectivity index (χ1v) is 12.8. The molecule has 0 N–H and O–H groups in total. The van der Waals surface area contributed by atoms with Gasteiger partial charge in [-0.15, -0.1) is 11.3 Å². The summed E-state index contributed by atoms with van der Waals surface area (Å²) in [4.78, 5) is 28.8. The third-order valence-corrected chi connectivity index (χ3v) is 9.80. The summed E-state index contributed by atoms with van der Waals surface area (Å²) in [5.41, 5.74) is 3.95. The normalized spacial score (nSPS) is 19.0. The Morgan fingerprint density at radius 3 is 2.45 bits per heavy atom. The molecule has 5 rings (SSSR count). The van der Waals surface area contributed by atoms with E-state index in [1.54, 1.807) is 28.1 Å². The Morgan fingerprint density at radius 1 is 1.00 bits per heavy atom. The van der Waals surface area contributed by atoms with Gasteiger partial charge in [-0.2, -0.15) is 0 Å².